The van der Waals surface area contributed by atoms with E-state index >= 15 is 0 Å². The molecule has 0 aromatic rings. The minimum absolute atomic E-state index is 0.342. The van der Waals surface area contributed by atoms with E-state index in [-0.39, 0.29) is 5.60 Å². The van der Waals surface area contributed by atoms with E-state index in [9.17, 15) is 5.11 Å². The van der Waals surface area contributed by atoms with Crippen LogP contribution >= 0.6 is 11.8 Å². The normalized spacial score (nSPS) is 34.9. The molecule has 2 nitrogen and oxygen atoms in total. The Hall–Kier alpha value is 0.270. The van der Waals surface area contributed by atoms with Gasteiger partial charge < -0.3 is 10.0 Å². The second-order valence-electron chi connectivity index (χ2n) is 4.68. The second-order valence-corrected chi connectivity index (χ2v) is 5.78. The number of nitrogens with zero attached hydrogens (tertiary/aromatic N) is 1. The first-order chi connectivity index (χ1) is 6.79. The summed E-state index contributed by atoms with van der Waals surface area (Å²) in [6.07, 6.45) is 5.91. The largest absolute Gasteiger partial charge is 0.389 e. The molecular formula is C11H21NOS. The molecular weight excluding hydrogens is 194 g/mol. The summed E-state index contributed by atoms with van der Waals surface area (Å²) in [4.78, 5) is 2.50. The summed E-state index contributed by atoms with van der Waals surface area (Å²) in [5.74, 6) is 2.20. The lowest BCUT2D eigenvalue weighted by atomic mass is 9.95. The van der Waals surface area contributed by atoms with Crippen LogP contribution in [0.25, 0.3) is 0 Å². The van der Waals surface area contributed by atoms with Crippen molar-refractivity contribution in [3.05, 3.63) is 0 Å². The summed E-state index contributed by atoms with van der Waals surface area (Å²) in [6.45, 7) is 3.61. The number of hydrogen-bond donors (Lipinski definition) is 1. The van der Waals surface area contributed by atoms with Crippen LogP contribution in [0.15, 0.2) is 0 Å². The second kappa shape index (κ2) is 4.86. The first-order valence-corrected chi connectivity index (χ1v) is 6.97. The van der Waals surface area contributed by atoms with Crippen molar-refractivity contribution in [3.8, 4) is 0 Å². The van der Waals surface area contributed by atoms with Gasteiger partial charge in [0, 0.05) is 12.3 Å². The van der Waals surface area contributed by atoms with Gasteiger partial charge in [0.25, 0.3) is 0 Å². The number of aliphatic hydroxyl groups is 1. The Kier molecular flexibility index (Phi) is 3.74. The molecule has 82 valence electrons. The lowest BCUT2D eigenvalue weighted by molar-refractivity contribution is 0.0350. The molecule has 0 aromatic carbocycles. The van der Waals surface area contributed by atoms with Crippen LogP contribution in [0.3, 0.4) is 0 Å². The van der Waals surface area contributed by atoms with Crippen LogP contribution in [0.2, 0.25) is 0 Å². The zero-order chi connectivity index (χ0) is 9.86. The van der Waals surface area contributed by atoms with E-state index in [2.05, 4.69) is 4.90 Å². The zero-order valence-electron chi connectivity index (χ0n) is 8.87. The summed E-state index contributed by atoms with van der Waals surface area (Å²) in [6, 6.07) is 0. The monoisotopic (exact) mass is 215 g/mol. The van der Waals surface area contributed by atoms with Gasteiger partial charge in [-0.15, -0.1) is 0 Å². The molecule has 2 fully saturated rings. The SMILES string of the molecule is OC1(CCN2CCCC2)CCCSC1. The molecule has 0 aromatic heterocycles. The van der Waals surface area contributed by atoms with E-state index in [0.29, 0.717) is 0 Å². The van der Waals surface area contributed by atoms with Crippen molar-refractivity contribution < 1.29 is 5.11 Å². The molecule has 1 atom stereocenters. The molecule has 0 radical (unpaired) electrons. The predicted octanol–water partition coefficient (Wildman–Crippen LogP) is 1.73. The summed E-state index contributed by atoms with van der Waals surface area (Å²) in [5, 5.41) is 10.3. The maximum Gasteiger partial charge on any atom is 0.0750 e. The molecule has 2 aliphatic heterocycles. The smallest absolute Gasteiger partial charge is 0.0750 e. The highest BCUT2D eigenvalue weighted by molar-refractivity contribution is 7.99. The van der Waals surface area contributed by atoms with Gasteiger partial charge in [0.05, 0.1) is 5.60 Å². The van der Waals surface area contributed by atoms with Crippen LogP contribution in [0, 0.1) is 0 Å². The van der Waals surface area contributed by atoms with Gasteiger partial charge in [-0.2, -0.15) is 11.8 Å². The fourth-order valence-corrected chi connectivity index (χ4v) is 3.57. The number of thioether (sulfide) groups is 1. The molecule has 0 amide bonds. The first kappa shape index (κ1) is 10.8. The van der Waals surface area contributed by atoms with E-state index in [1.54, 1.807) is 0 Å². The maximum atomic E-state index is 10.3. The standard InChI is InChI=1S/C11H21NOS/c13-11(4-3-9-14-10-11)5-8-12-6-1-2-7-12/h13H,1-10H2. The highest BCUT2D eigenvalue weighted by Crippen LogP contribution is 2.29. The van der Waals surface area contributed by atoms with Crippen LogP contribution in [-0.2, 0) is 0 Å². The fourth-order valence-electron chi connectivity index (χ4n) is 2.41. The topological polar surface area (TPSA) is 23.5 Å². The molecule has 0 spiro atoms. The van der Waals surface area contributed by atoms with Crippen molar-refractivity contribution in [1.82, 2.24) is 4.90 Å². The lowest BCUT2D eigenvalue weighted by Gasteiger charge is -2.33. The highest BCUT2D eigenvalue weighted by atomic mass is 32.2. The predicted molar refractivity (Wildman–Crippen MR) is 61.8 cm³/mol. The molecule has 14 heavy (non-hydrogen) atoms. The van der Waals surface area contributed by atoms with Gasteiger partial charge in [0.15, 0.2) is 0 Å². The highest BCUT2D eigenvalue weighted by Gasteiger charge is 2.30. The molecule has 2 saturated heterocycles. The summed E-state index contributed by atoms with van der Waals surface area (Å²) >= 11 is 1.92. The third-order valence-corrected chi connectivity index (χ3v) is 4.71. The first-order valence-electron chi connectivity index (χ1n) is 5.81. The lowest BCUT2D eigenvalue weighted by Crippen LogP contribution is -2.38. The third kappa shape index (κ3) is 2.88. The zero-order valence-corrected chi connectivity index (χ0v) is 9.69. The van der Waals surface area contributed by atoms with Crippen molar-refractivity contribution in [2.45, 2.75) is 37.7 Å². The molecule has 0 aliphatic carbocycles. The Morgan fingerprint density at radius 1 is 1.21 bits per heavy atom. The van der Waals surface area contributed by atoms with E-state index < -0.39 is 0 Å². The van der Waals surface area contributed by atoms with Crippen LogP contribution in [0.4, 0.5) is 0 Å². The minimum Gasteiger partial charge on any atom is -0.389 e. The molecule has 0 saturated carbocycles. The van der Waals surface area contributed by atoms with Gasteiger partial charge in [0.1, 0.15) is 0 Å². The van der Waals surface area contributed by atoms with E-state index in [0.717, 1.165) is 25.1 Å². The summed E-state index contributed by atoms with van der Waals surface area (Å²) in [5.41, 5.74) is -0.342. The van der Waals surface area contributed by atoms with Gasteiger partial charge in [-0.05, 0) is 50.9 Å². The van der Waals surface area contributed by atoms with Gasteiger partial charge in [-0.25, -0.2) is 0 Å². The third-order valence-electron chi connectivity index (χ3n) is 3.39. The number of rotatable bonds is 3. The summed E-state index contributed by atoms with van der Waals surface area (Å²) in [7, 11) is 0. The van der Waals surface area contributed by atoms with Crippen molar-refractivity contribution in [2.24, 2.45) is 0 Å². The molecule has 2 aliphatic rings. The van der Waals surface area contributed by atoms with E-state index in [4.69, 9.17) is 0 Å². The van der Waals surface area contributed by atoms with Crippen LogP contribution in [0.5, 0.6) is 0 Å². The van der Waals surface area contributed by atoms with Gasteiger partial charge in [-0.3, -0.25) is 0 Å². The maximum absolute atomic E-state index is 10.3. The Balaban J connectivity index is 1.72. The van der Waals surface area contributed by atoms with Gasteiger partial charge in [-0.1, -0.05) is 0 Å². The van der Waals surface area contributed by atoms with Crippen LogP contribution in [0.1, 0.15) is 32.1 Å². The molecule has 2 rings (SSSR count). The van der Waals surface area contributed by atoms with E-state index in [1.807, 2.05) is 11.8 Å². The Morgan fingerprint density at radius 2 is 2.00 bits per heavy atom. The van der Waals surface area contributed by atoms with Crippen molar-refractivity contribution in [1.29, 1.82) is 0 Å². The van der Waals surface area contributed by atoms with Gasteiger partial charge in [0.2, 0.25) is 0 Å². The minimum atomic E-state index is -0.342. The number of hydrogen-bond acceptors (Lipinski definition) is 3. The Morgan fingerprint density at radius 3 is 2.64 bits per heavy atom. The van der Waals surface area contributed by atoms with Crippen LogP contribution < -0.4 is 0 Å². The quantitative estimate of drug-likeness (QED) is 0.775. The van der Waals surface area contributed by atoms with Crippen molar-refractivity contribution in [3.63, 3.8) is 0 Å². The molecule has 1 N–H and O–H groups in total. The molecule has 2 heterocycles. The Bertz CT molecular complexity index is 174. The molecule has 0 bridgehead atoms. The van der Waals surface area contributed by atoms with Gasteiger partial charge >= 0.3 is 0 Å². The van der Waals surface area contributed by atoms with Crippen molar-refractivity contribution >= 4 is 11.8 Å². The average Bonchev–Trinajstić information content (AvgIpc) is 2.69. The Labute approximate surface area is 91.1 Å². The summed E-state index contributed by atoms with van der Waals surface area (Å²) < 4.78 is 0. The van der Waals surface area contributed by atoms with Crippen LogP contribution in [-0.4, -0.2) is 46.7 Å². The molecule has 3 heteroatoms. The van der Waals surface area contributed by atoms with Crippen molar-refractivity contribution in [2.75, 3.05) is 31.1 Å². The fraction of sp³-hybridized carbons (Fsp3) is 1.00. The molecule has 1 unspecified atom stereocenters. The van der Waals surface area contributed by atoms with E-state index in [1.165, 1.54) is 38.1 Å². The average molecular weight is 215 g/mol. The number of likely N-dealkylation sites (tertiary alicyclic amines) is 1.